The SMILES string of the molecule is CO[C@]1(C)C[C@@H](C)CN[C@H](C)[C@H]2N(CCCCn3cc(-c4cccc(N)c4)nn3)C(=O)O[C@]2(C)COC(=O)[C@H](C)C(=O)[C@H](C)[C@H]1O[C@@H]1OC(C)CC(Nc2cnccn2)C1O. The third kappa shape index (κ3) is 10.7. The number of esters is 1. The molecular formula is C43H63N9O9. The molecule has 0 radical (unpaired) electrons. The number of ether oxygens (including phenoxy) is 5. The molecule has 3 fully saturated rings. The van der Waals surface area contributed by atoms with Crippen LogP contribution in [-0.2, 0) is 39.8 Å². The molecule has 2 aromatic heterocycles. The maximum atomic E-state index is 14.3. The Kier molecular flexibility index (Phi) is 14.7. The fraction of sp³-hybridized carbons (Fsp3) is 0.651. The molecule has 18 nitrogen and oxygen atoms in total. The van der Waals surface area contributed by atoms with Gasteiger partial charge in [0, 0.05) is 55.8 Å². The standard InChI is InChI=1S/C43H63N9O9/c1-25-20-42(6,57-8)38(60-40-36(54)32(18-26(2)59-40)48-34-22-45-14-15-46-34)27(3)35(53)28(4)39(55)58-24-43(7)37(29(5)47-21-25)52(41(56)61-43)17-10-9-16-51-23-33(49-50-51)30-12-11-13-31(44)19-30/h11-15,19,22-23,25-29,32,36-38,40,47,54H,9-10,16-18,20-21,24,44H2,1-8H3,(H,46,48)/t25-,26?,27+,28-,29-,32?,36?,37-,38-,40+,42-,43-/m1/s1. The number of nitrogen functional groups attached to an aromatic ring is 1. The van der Waals surface area contributed by atoms with Crippen molar-refractivity contribution in [2.45, 2.75) is 135 Å². The van der Waals surface area contributed by atoms with E-state index >= 15 is 0 Å². The van der Waals surface area contributed by atoms with Gasteiger partial charge in [0.15, 0.2) is 17.7 Å². The summed E-state index contributed by atoms with van der Waals surface area (Å²) in [6.45, 7) is 14.0. The van der Waals surface area contributed by atoms with Gasteiger partial charge in [0.2, 0.25) is 0 Å². The van der Waals surface area contributed by atoms with E-state index in [0.29, 0.717) is 56.8 Å². The maximum Gasteiger partial charge on any atom is 0.410 e. The van der Waals surface area contributed by atoms with Gasteiger partial charge in [-0.15, -0.1) is 5.10 Å². The molecule has 5 N–H and O–H groups in total. The number of fused-ring (bicyclic) bond motifs is 1. The van der Waals surface area contributed by atoms with E-state index in [1.807, 2.05) is 51.2 Å². The van der Waals surface area contributed by atoms with E-state index in [1.165, 1.54) is 6.92 Å². The quantitative estimate of drug-likeness (QED) is 0.0930. The fourth-order valence-electron chi connectivity index (χ4n) is 9.08. The van der Waals surface area contributed by atoms with E-state index in [4.69, 9.17) is 29.4 Å². The minimum Gasteiger partial charge on any atom is -0.461 e. The van der Waals surface area contributed by atoms with E-state index in [2.05, 4.69) is 37.8 Å². The Morgan fingerprint density at radius 2 is 1.85 bits per heavy atom. The number of Topliss-reactive ketones (excluding diaryl/α,β-unsaturated/α-hetero) is 1. The van der Waals surface area contributed by atoms with E-state index in [9.17, 15) is 19.5 Å². The van der Waals surface area contributed by atoms with Crippen molar-refractivity contribution in [3.8, 4) is 11.3 Å². The number of aromatic nitrogens is 5. The molecule has 3 aliphatic rings. The van der Waals surface area contributed by atoms with Gasteiger partial charge in [-0.3, -0.25) is 24.2 Å². The summed E-state index contributed by atoms with van der Waals surface area (Å²) in [5, 5.41) is 27.1. The first-order valence-electron chi connectivity index (χ1n) is 21.3. The number of cyclic esters (lactones) is 1. The summed E-state index contributed by atoms with van der Waals surface area (Å²) in [6.07, 6.45) is 4.72. The van der Waals surface area contributed by atoms with Gasteiger partial charge in [-0.2, -0.15) is 0 Å². The Morgan fingerprint density at radius 1 is 1.08 bits per heavy atom. The number of hydrogen-bond donors (Lipinski definition) is 4. The number of nitrogens with two attached hydrogens (primary N) is 1. The van der Waals surface area contributed by atoms with Crippen LogP contribution in [0, 0.1) is 17.8 Å². The number of nitrogens with one attached hydrogen (secondary N) is 2. The van der Waals surface area contributed by atoms with Gasteiger partial charge in [0.1, 0.15) is 30.1 Å². The lowest BCUT2D eigenvalue weighted by Gasteiger charge is -2.46. The minimum atomic E-state index is -1.22. The predicted octanol–water partition coefficient (Wildman–Crippen LogP) is 3.85. The van der Waals surface area contributed by atoms with Crippen LogP contribution in [-0.4, -0.2) is 134 Å². The number of ketones is 1. The highest BCUT2D eigenvalue weighted by atomic mass is 16.7. The number of carbonyl (C=O) groups excluding carboxylic acids is 3. The summed E-state index contributed by atoms with van der Waals surface area (Å²) in [7, 11) is 1.56. The Morgan fingerprint density at radius 3 is 2.57 bits per heavy atom. The van der Waals surface area contributed by atoms with Crippen molar-refractivity contribution in [3.05, 3.63) is 49.1 Å². The number of aryl methyl sites for hydroxylation is 1. The Hall–Kier alpha value is -4.75. The van der Waals surface area contributed by atoms with Crippen molar-refractivity contribution in [2.24, 2.45) is 17.8 Å². The zero-order valence-electron chi connectivity index (χ0n) is 36.5. The number of methoxy groups -OCH3 is 1. The van der Waals surface area contributed by atoms with Gasteiger partial charge in [-0.1, -0.05) is 31.2 Å². The second-order valence-electron chi connectivity index (χ2n) is 17.5. The van der Waals surface area contributed by atoms with E-state index in [0.717, 1.165) is 11.3 Å². The van der Waals surface area contributed by atoms with Crippen LogP contribution in [0.4, 0.5) is 16.3 Å². The third-order valence-corrected chi connectivity index (χ3v) is 12.4. The molecule has 61 heavy (non-hydrogen) atoms. The van der Waals surface area contributed by atoms with Crippen LogP contribution in [0.15, 0.2) is 49.1 Å². The van der Waals surface area contributed by atoms with Gasteiger partial charge >= 0.3 is 12.1 Å². The number of hydrogen-bond acceptors (Lipinski definition) is 16. The van der Waals surface area contributed by atoms with Gasteiger partial charge in [-0.05, 0) is 84.9 Å². The highest BCUT2D eigenvalue weighted by molar-refractivity contribution is 6.00. The van der Waals surface area contributed by atoms with Crippen molar-refractivity contribution < 1.29 is 43.2 Å². The van der Waals surface area contributed by atoms with Crippen LogP contribution >= 0.6 is 0 Å². The second kappa shape index (κ2) is 19.5. The molecule has 0 aliphatic carbocycles. The second-order valence-corrected chi connectivity index (χ2v) is 17.5. The van der Waals surface area contributed by atoms with Crippen LogP contribution in [0.2, 0.25) is 0 Å². The van der Waals surface area contributed by atoms with Gasteiger partial charge in [0.25, 0.3) is 0 Å². The van der Waals surface area contributed by atoms with Gasteiger partial charge < -0.3 is 45.2 Å². The summed E-state index contributed by atoms with van der Waals surface area (Å²) >= 11 is 0. The Bertz CT molecular complexity index is 1960. The Balaban J connectivity index is 1.17. The molecule has 0 bridgehead atoms. The lowest BCUT2D eigenvalue weighted by molar-refractivity contribution is -0.287. The first kappa shape index (κ1) is 45.8. The zero-order valence-corrected chi connectivity index (χ0v) is 36.5. The number of nitrogens with zero attached hydrogens (tertiary/aromatic N) is 6. The summed E-state index contributed by atoms with van der Waals surface area (Å²) < 4.78 is 32.7. The van der Waals surface area contributed by atoms with Crippen LogP contribution in [0.3, 0.4) is 0 Å². The topological polar surface area (TPSA) is 227 Å². The fourth-order valence-corrected chi connectivity index (χ4v) is 9.08. The summed E-state index contributed by atoms with van der Waals surface area (Å²) in [5.74, 6) is -2.84. The average Bonchev–Trinajstić information content (AvgIpc) is 3.81. The molecule has 1 aromatic carbocycles. The number of benzene rings is 1. The minimum absolute atomic E-state index is 0.0407. The molecule has 3 aliphatic heterocycles. The van der Waals surface area contributed by atoms with Crippen LogP contribution < -0.4 is 16.4 Å². The van der Waals surface area contributed by atoms with Crippen LogP contribution in [0.25, 0.3) is 11.3 Å². The highest BCUT2D eigenvalue weighted by Gasteiger charge is 2.55. The molecule has 334 valence electrons. The number of aliphatic hydroxyl groups excluding tert-OH is 1. The van der Waals surface area contributed by atoms with Crippen molar-refractivity contribution >= 4 is 29.4 Å². The van der Waals surface area contributed by atoms with Crippen LogP contribution in [0.1, 0.15) is 74.1 Å². The van der Waals surface area contributed by atoms with E-state index in [-0.39, 0.29) is 24.7 Å². The molecule has 3 unspecified atom stereocenters. The maximum absolute atomic E-state index is 14.3. The molecule has 18 heteroatoms. The first-order chi connectivity index (χ1) is 29.0. The molecule has 6 rings (SSSR count). The third-order valence-electron chi connectivity index (χ3n) is 12.4. The van der Waals surface area contributed by atoms with E-state index in [1.54, 1.807) is 49.1 Å². The lowest BCUT2D eigenvalue weighted by atomic mass is 9.78. The van der Waals surface area contributed by atoms with Gasteiger partial charge in [-0.25, -0.2) is 9.78 Å². The number of unbranched alkanes of at least 4 members (excludes halogenated alkanes) is 1. The summed E-state index contributed by atoms with van der Waals surface area (Å²) in [6, 6.07) is 6.15. The van der Waals surface area contributed by atoms with Gasteiger partial charge in [0.05, 0.1) is 42.3 Å². The molecule has 5 heterocycles. The van der Waals surface area contributed by atoms with Crippen molar-refractivity contribution in [1.82, 2.24) is 35.2 Å². The molecule has 1 amide bonds. The largest absolute Gasteiger partial charge is 0.461 e. The van der Waals surface area contributed by atoms with Crippen molar-refractivity contribution in [3.63, 3.8) is 0 Å². The summed E-state index contributed by atoms with van der Waals surface area (Å²) in [4.78, 5) is 51.7. The molecule has 12 atom stereocenters. The average molecular weight is 850 g/mol. The van der Waals surface area contributed by atoms with E-state index < -0.39 is 71.5 Å². The lowest BCUT2D eigenvalue weighted by Crippen LogP contribution is -2.58. The van der Waals surface area contributed by atoms with Crippen molar-refractivity contribution in [2.75, 3.05) is 37.9 Å². The number of amides is 1. The van der Waals surface area contributed by atoms with Crippen LogP contribution in [0.5, 0.6) is 0 Å². The number of carbonyl (C=O) groups is 3. The molecule has 0 saturated carbocycles. The number of anilines is 2. The molecule has 3 saturated heterocycles. The number of rotatable bonds is 11. The van der Waals surface area contributed by atoms with Crippen molar-refractivity contribution in [1.29, 1.82) is 0 Å². The summed E-state index contributed by atoms with van der Waals surface area (Å²) in [5.41, 5.74) is 5.89. The zero-order chi connectivity index (χ0) is 44.1. The first-order valence-corrected chi connectivity index (χ1v) is 21.3. The Labute approximate surface area is 357 Å². The number of aliphatic hydroxyl groups is 1. The monoisotopic (exact) mass is 849 g/mol. The highest BCUT2D eigenvalue weighted by Crippen LogP contribution is 2.38. The molecular weight excluding hydrogens is 787 g/mol. The predicted molar refractivity (Wildman–Crippen MR) is 225 cm³/mol. The molecule has 0 spiro atoms. The smallest absolute Gasteiger partial charge is 0.410 e. The molecule has 3 aromatic rings. The normalized spacial score (nSPS) is 34.2.